The van der Waals surface area contributed by atoms with E-state index in [1.807, 2.05) is 0 Å². The summed E-state index contributed by atoms with van der Waals surface area (Å²) in [6.45, 7) is 2.08. The Morgan fingerprint density at radius 1 is 1.42 bits per heavy atom. The number of nitrogens with one attached hydrogen (secondary N) is 1. The molecule has 1 aliphatic rings. The van der Waals surface area contributed by atoms with Crippen LogP contribution in [0.15, 0.2) is 23.9 Å². The summed E-state index contributed by atoms with van der Waals surface area (Å²) >= 11 is 6.00. The average molecular weight is 281 g/mol. The highest BCUT2D eigenvalue weighted by Crippen LogP contribution is 2.26. The second-order valence-corrected chi connectivity index (χ2v) is 4.34. The Kier molecular flexibility index (Phi) is 3.76. The van der Waals surface area contributed by atoms with E-state index in [-0.39, 0.29) is 11.6 Å². The lowest BCUT2D eigenvalue weighted by atomic mass is 10.2. The summed E-state index contributed by atoms with van der Waals surface area (Å²) in [6.07, 6.45) is 1.58. The minimum atomic E-state index is -0.404. The van der Waals surface area contributed by atoms with E-state index < -0.39 is 6.03 Å². The van der Waals surface area contributed by atoms with Gasteiger partial charge in [-0.25, -0.2) is 4.79 Å². The first kappa shape index (κ1) is 13.4. The predicted octanol–water partition coefficient (Wildman–Crippen LogP) is 2.26. The summed E-state index contributed by atoms with van der Waals surface area (Å²) in [6, 6.07) is 4.72. The van der Waals surface area contributed by atoms with Gasteiger partial charge in [-0.2, -0.15) is 0 Å². The van der Waals surface area contributed by atoms with Crippen LogP contribution in [0.4, 0.5) is 4.79 Å². The highest BCUT2D eigenvalue weighted by molar-refractivity contribution is 6.32. The van der Waals surface area contributed by atoms with E-state index in [1.165, 1.54) is 7.11 Å². The van der Waals surface area contributed by atoms with Crippen LogP contribution in [0.5, 0.6) is 5.75 Å². The lowest BCUT2D eigenvalue weighted by Crippen LogP contribution is -2.30. The molecule has 2 rings (SSSR count). The molecule has 0 aromatic heterocycles. The van der Waals surface area contributed by atoms with E-state index in [4.69, 9.17) is 16.3 Å². The summed E-state index contributed by atoms with van der Waals surface area (Å²) in [5, 5.41) is 2.97. The van der Waals surface area contributed by atoms with Crippen LogP contribution in [-0.2, 0) is 4.79 Å². The molecule has 1 heterocycles. The van der Waals surface area contributed by atoms with E-state index in [9.17, 15) is 9.59 Å². The van der Waals surface area contributed by atoms with Gasteiger partial charge in [0, 0.05) is 6.54 Å². The van der Waals surface area contributed by atoms with Gasteiger partial charge in [-0.05, 0) is 30.7 Å². The predicted molar refractivity (Wildman–Crippen MR) is 71.9 cm³/mol. The van der Waals surface area contributed by atoms with Gasteiger partial charge in [0.05, 0.1) is 12.1 Å². The number of amides is 3. The van der Waals surface area contributed by atoms with Crippen molar-refractivity contribution >= 4 is 29.6 Å². The van der Waals surface area contributed by atoms with Gasteiger partial charge in [-0.15, -0.1) is 0 Å². The number of imide groups is 1. The van der Waals surface area contributed by atoms with Crippen LogP contribution >= 0.6 is 11.6 Å². The summed E-state index contributed by atoms with van der Waals surface area (Å²) < 4.78 is 5.05. The van der Waals surface area contributed by atoms with Crippen molar-refractivity contribution in [2.45, 2.75) is 6.92 Å². The van der Waals surface area contributed by atoms with E-state index in [0.29, 0.717) is 22.9 Å². The SMILES string of the molecule is CCN1C(=O)NC(=Cc2ccc(OC)c(Cl)c2)C1=O. The van der Waals surface area contributed by atoms with Gasteiger partial charge in [0.1, 0.15) is 11.4 Å². The van der Waals surface area contributed by atoms with E-state index in [1.54, 1.807) is 31.2 Å². The molecular weight excluding hydrogens is 268 g/mol. The summed E-state index contributed by atoms with van der Waals surface area (Å²) in [7, 11) is 1.53. The maximum absolute atomic E-state index is 11.9. The van der Waals surface area contributed by atoms with Crippen molar-refractivity contribution in [3.8, 4) is 5.75 Å². The smallest absolute Gasteiger partial charge is 0.328 e. The number of ether oxygens (including phenoxy) is 1. The molecule has 3 amide bonds. The van der Waals surface area contributed by atoms with Crippen molar-refractivity contribution in [3.63, 3.8) is 0 Å². The number of hydrogen-bond acceptors (Lipinski definition) is 3. The third kappa shape index (κ3) is 2.56. The van der Waals surface area contributed by atoms with E-state index in [2.05, 4.69) is 5.32 Å². The van der Waals surface area contributed by atoms with Gasteiger partial charge in [0.2, 0.25) is 0 Å². The lowest BCUT2D eigenvalue weighted by molar-refractivity contribution is -0.122. The maximum Gasteiger partial charge on any atom is 0.328 e. The molecule has 100 valence electrons. The highest BCUT2D eigenvalue weighted by atomic mass is 35.5. The van der Waals surface area contributed by atoms with E-state index in [0.717, 1.165) is 4.90 Å². The number of likely N-dealkylation sites (N-methyl/N-ethyl adjacent to an activating group) is 1. The van der Waals surface area contributed by atoms with E-state index >= 15 is 0 Å². The Morgan fingerprint density at radius 3 is 2.68 bits per heavy atom. The van der Waals surface area contributed by atoms with Crippen LogP contribution in [0.25, 0.3) is 6.08 Å². The Bertz CT molecular complexity index is 569. The number of halogens is 1. The zero-order valence-electron chi connectivity index (χ0n) is 10.6. The molecule has 0 unspecified atom stereocenters. The van der Waals surface area contributed by atoms with Crippen LogP contribution in [0.2, 0.25) is 5.02 Å². The Balaban J connectivity index is 2.30. The Hall–Kier alpha value is -2.01. The van der Waals surface area contributed by atoms with Crippen molar-refractivity contribution in [3.05, 3.63) is 34.5 Å². The number of rotatable bonds is 3. The molecule has 1 fully saturated rings. The summed E-state index contributed by atoms with van der Waals surface area (Å²) in [5.41, 5.74) is 0.959. The minimum Gasteiger partial charge on any atom is -0.495 e. The molecule has 1 aromatic rings. The third-order valence-electron chi connectivity index (χ3n) is 2.77. The molecule has 5 nitrogen and oxygen atoms in total. The van der Waals surface area contributed by atoms with Gasteiger partial charge in [-0.1, -0.05) is 17.7 Å². The van der Waals surface area contributed by atoms with Gasteiger partial charge < -0.3 is 10.1 Å². The van der Waals surface area contributed by atoms with Gasteiger partial charge in [-0.3, -0.25) is 9.69 Å². The first-order chi connectivity index (χ1) is 9.06. The number of hydrogen-bond donors (Lipinski definition) is 1. The fourth-order valence-electron chi connectivity index (χ4n) is 1.80. The minimum absolute atomic E-state index is 0.244. The number of carbonyl (C=O) groups is 2. The van der Waals surface area contributed by atoms with Crippen molar-refractivity contribution in [2.24, 2.45) is 0 Å². The number of methoxy groups -OCH3 is 1. The molecular formula is C13H13ClN2O3. The standard InChI is InChI=1S/C13H13ClN2O3/c1-3-16-12(17)10(15-13(16)18)7-8-4-5-11(19-2)9(14)6-8/h4-7H,3H2,1-2H3,(H,15,18). The molecule has 0 atom stereocenters. The number of urea groups is 1. The molecule has 1 N–H and O–H groups in total. The van der Waals surface area contributed by atoms with Crippen LogP contribution in [-0.4, -0.2) is 30.5 Å². The van der Waals surface area contributed by atoms with Gasteiger partial charge in [0.15, 0.2) is 0 Å². The van der Waals surface area contributed by atoms with Crippen molar-refractivity contribution in [1.82, 2.24) is 10.2 Å². The second-order valence-electron chi connectivity index (χ2n) is 3.93. The summed E-state index contributed by atoms with van der Waals surface area (Å²) in [5.74, 6) is 0.222. The largest absolute Gasteiger partial charge is 0.495 e. The average Bonchev–Trinajstić information content (AvgIpc) is 2.64. The zero-order chi connectivity index (χ0) is 14.0. The molecule has 19 heavy (non-hydrogen) atoms. The molecule has 0 radical (unpaired) electrons. The first-order valence-corrected chi connectivity index (χ1v) is 6.12. The third-order valence-corrected chi connectivity index (χ3v) is 3.06. The fourth-order valence-corrected chi connectivity index (χ4v) is 2.06. The second kappa shape index (κ2) is 5.32. The van der Waals surface area contributed by atoms with Crippen molar-refractivity contribution < 1.29 is 14.3 Å². The van der Waals surface area contributed by atoms with Crippen LogP contribution in [0.3, 0.4) is 0 Å². The Morgan fingerprint density at radius 2 is 2.16 bits per heavy atom. The fraction of sp³-hybridized carbons (Fsp3) is 0.231. The molecule has 6 heteroatoms. The molecule has 1 aliphatic heterocycles. The normalized spacial score (nSPS) is 17.0. The highest BCUT2D eigenvalue weighted by Gasteiger charge is 2.31. The number of benzene rings is 1. The molecule has 0 saturated carbocycles. The topological polar surface area (TPSA) is 58.6 Å². The molecule has 0 aliphatic carbocycles. The summed E-state index contributed by atoms with van der Waals surface area (Å²) in [4.78, 5) is 24.5. The van der Waals surface area contributed by atoms with Crippen molar-refractivity contribution in [2.75, 3.05) is 13.7 Å². The molecule has 0 bridgehead atoms. The first-order valence-electron chi connectivity index (χ1n) is 5.75. The van der Waals surface area contributed by atoms with Crippen LogP contribution in [0.1, 0.15) is 12.5 Å². The maximum atomic E-state index is 11.9. The number of nitrogens with zero attached hydrogens (tertiary/aromatic N) is 1. The molecule has 1 saturated heterocycles. The van der Waals surface area contributed by atoms with Gasteiger partial charge >= 0.3 is 6.03 Å². The molecule has 1 aromatic carbocycles. The lowest BCUT2D eigenvalue weighted by Gasteiger charge is -2.06. The monoisotopic (exact) mass is 280 g/mol. The van der Waals surface area contributed by atoms with Crippen LogP contribution in [0, 0.1) is 0 Å². The zero-order valence-corrected chi connectivity index (χ0v) is 11.3. The quantitative estimate of drug-likeness (QED) is 0.682. The molecule has 0 spiro atoms. The Labute approximate surface area is 115 Å². The van der Waals surface area contributed by atoms with Gasteiger partial charge in [0.25, 0.3) is 5.91 Å². The number of carbonyl (C=O) groups excluding carboxylic acids is 2. The van der Waals surface area contributed by atoms with Crippen molar-refractivity contribution in [1.29, 1.82) is 0 Å². The van der Waals surface area contributed by atoms with Crippen LogP contribution < -0.4 is 10.1 Å².